The number of aliphatic hydroxyl groups excluding tert-OH is 1. The number of aliphatic hydroxyl groups is 1. The first-order valence-electron chi connectivity index (χ1n) is 44.1. The molecule has 3 N–H and O–H groups in total. The van der Waals surface area contributed by atoms with Gasteiger partial charge in [-0.1, -0.05) is 407 Å². The van der Waals surface area contributed by atoms with Gasteiger partial charge in [0.25, 0.3) is 0 Å². The molecule has 0 aliphatic rings. The number of phosphoric ester groups is 2. The summed E-state index contributed by atoms with van der Waals surface area (Å²) in [5.41, 5.74) is 0. The Hall–Kier alpha value is -1.94. The van der Waals surface area contributed by atoms with Gasteiger partial charge in [0, 0.05) is 25.7 Å². The average molecular weight is 1520 g/mol. The number of carbonyl (C=O) groups excluding carboxylic acids is 4. The summed E-state index contributed by atoms with van der Waals surface area (Å²) in [7, 11) is -9.92. The van der Waals surface area contributed by atoms with Crippen molar-refractivity contribution in [3.63, 3.8) is 0 Å². The van der Waals surface area contributed by atoms with Crippen LogP contribution in [0.4, 0.5) is 0 Å². The number of hydrogen-bond acceptors (Lipinski definition) is 15. The van der Waals surface area contributed by atoms with Crippen molar-refractivity contribution in [3.8, 4) is 0 Å². The van der Waals surface area contributed by atoms with Gasteiger partial charge in [0.1, 0.15) is 19.3 Å². The highest BCUT2D eigenvalue weighted by molar-refractivity contribution is 7.47. The molecule has 5 atom stereocenters. The Morgan fingerprint density at radius 1 is 0.260 bits per heavy atom. The van der Waals surface area contributed by atoms with E-state index in [1.54, 1.807) is 0 Å². The van der Waals surface area contributed by atoms with Crippen LogP contribution >= 0.6 is 15.6 Å². The molecule has 0 amide bonds. The van der Waals surface area contributed by atoms with Crippen LogP contribution < -0.4 is 0 Å². The molecule has 2 unspecified atom stereocenters. The zero-order valence-corrected chi connectivity index (χ0v) is 70.0. The smallest absolute Gasteiger partial charge is 0.462 e. The van der Waals surface area contributed by atoms with E-state index in [2.05, 4.69) is 34.6 Å². The van der Waals surface area contributed by atoms with Gasteiger partial charge in [0.15, 0.2) is 12.2 Å². The molecule has 0 aromatic heterocycles. The quantitative estimate of drug-likeness (QED) is 0.0222. The molecule has 0 heterocycles. The molecule has 0 rings (SSSR count). The average Bonchev–Trinajstić information content (AvgIpc) is 0.923. The Labute approximate surface area is 638 Å². The summed E-state index contributed by atoms with van der Waals surface area (Å²) in [6, 6.07) is 0. The minimum atomic E-state index is -4.96. The van der Waals surface area contributed by atoms with Crippen molar-refractivity contribution in [2.24, 2.45) is 5.92 Å². The van der Waals surface area contributed by atoms with Crippen LogP contribution in [0.5, 0.6) is 0 Å². The van der Waals surface area contributed by atoms with E-state index in [9.17, 15) is 43.2 Å². The molecule has 0 aliphatic carbocycles. The predicted octanol–water partition coefficient (Wildman–Crippen LogP) is 26.0. The molecule has 0 spiro atoms. The van der Waals surface area contributed by atoms with E-state index in [4.69, 9.17) is 37.0 Å². The van der Waals surface area contributed by atoms with E-state index in [1.165, 1.54) is 276 Å². The molecule has 0 aromatic carbocycles. The first-order valence-corrected chi connectivity index (χ1v) is 47.1. The highest BCUT2D eigenvalue weighted by Gasteiger charge is 2.30. The van der Waals surface area contributed by atoms with Crippen LogP contribution in [-0.4, -0.2) is 96.7 Å². The van der Waals surface area contributed by atoms with Gasteiger partial charge < -0.3 is 33.8 Å². The maximum absolute atomic E-state index is 13.1. The largest absolute Gasteiger partial charge is 0.472 e. The summed E-state index contributed by atoms with van der Waals surface area (Å²) in [6.07, 6.45) is 71.2. The third-order valence-corrected chi connectivity index (χ3v) is 21.9. The fourth-order valence-electron chi connectivity index (χ4n) is 13.3. The molecule has 0 fully saturated rings. The van der Waals surface area contributed by atoms with Gasteiger partial charge in [0.05, 0.1) is 26.4 Å². The molecular weight excluding hydrogens is 1350 g/mol. The standard InChI is InChI=1S/C85H166O17P2/c1-6-9-12-15-18-21-23-25-27-29-31-33-35-37-39-41-43-45-50-55-60-65-70-84(89)102-81(75-96-83(88)69-64-59-54-49-44-42-40-38-36-34-32-30-28-26-24-22-19-16-13-10-7-2)77-100-104(93,94)98-73-79(86)72-97-103(91,92)99-76-80(74-95-82(87)68-63-58-53-20-17-14-11-8-3)101-85(90)71-66-61-56-51-47-46-48-52-57-62-67-78(4)5/h78-81,86H,6-77H2,1-5H3,(H,91,92)(H,93,94)/t79-,80+,81+/m0/s1. The second-order valence-electron chi connectivity index (χ2n) is 31.1. The van der Waals surface area contributed by atoms with E-state index >= 15 is 0 Å². The van der Waals surface area contributed by atoms with Gasteiger partial charge in [-0.25, -0.2) is 9.13 Å². The summed E-state index contributed by atoms with van der Waals surface area (Å²) in [6.45, 7) is 7.30. The lowest BCUT2D eigenvalue weighted by atomic mass is 10.0. The number of carbonyl (C=O) groups is 4. The van der Waals surface area contributed by atoms with Crippen molar-refractivity contribution in [2.75, 3.05) is 39.6 Å². The lowest BCUT2D eigenvalue weighted by molar-refractivity contribution is -0.161. The number of hydrogen-bond donors (Lipinski definition) is 3. The summed E-state index contributed by atoms with van der Waals surface area (Å²) < 4.78 is 68.7. The second-order valence-corrected chi connectivity index (χ2v) is 34.0. The molecule has 0 aliphatic heterocycles. The normalized spacial score (nSPS) is 13.8. The summed E-state index contributed by atoms with van der Waals surface area (Å²) in [5.74, 6) is -1.36. The van der Waals surface area contributed by atoms with Crippen LogP contribution in [0.2, 0.25) is 0 Å². The Kier molecular flexibility index (Phi) is 76.3. The van der Waals surface area contributed by atoms with Crippen LogP contribution in [0.3, 0.4) is 0 Å². The molecule has 618 valence electrons. The van der Waals surface area contributed by atoms with Crippen molar-refractivity contribution in [1.29, 1.82) is 0 Å². The van der Waals surface area contributed by atoms with Gasteiger partial charge in [-0.2, -0.15) is 0 Å². The summed E-state index contributed by atoms with van der Waals surface area (Å²) >= 11 is 0. The minimum absolute atomic E-state index is 0.106. The maximum atomic E-state index is 13.1. The lowest BCUT2D eigenvalue weighted by Crippen LogP contribution is -2.30. The van der Waals surface area contributed by atoms with Gasteiger partial charge >= 0.3 is 39.5 Å². The third kappa shape index (κ3) is 78.2. The number of unbranched alkanes of at least 4 members (excludes halogenated alkanes) is 57. The van der Waals surface area contributed by atoms with Gasteiger partial charge in [-0.05, 0) is 31.6 Å². The van der Waals surface area contributed by atoms with E-state index < -0.39 is 97.5 Å². The molecule has 0 saturated heterocycles. The molecule has 104 heavy (non-hydrogen) atoms. The van der Waals surface area contributed by atoms with E-state index in [1.807, 2.05) is 0 Å². The van der Waals surface area contributed by atoms with Gasteiger partial charge in [-0.3, -0.25) is 37.3 Å². The number of rotatable bonds is 85. The summed E-state index contributed by atoms with van der Waals surface area (Å²) in [4.78, 5) is 73.0. The highest BCUT2D eigenvalue weighted by atomic mass is 31.2. The third-order valence-electron chi connectivity index (χ3n) is 20.0. The maximum Gasteiger partial charge on any atom is 0.472 e. The Bertz CT molecular complexity index is 1980. The molecule has 0 aromatic rings. The van der Waals surface area contributed by atoms with Crippen molar-refractivity contribution in [1.82, 2.24) is 0 Å². The van der Waals surface area contributed by atoms with Crippen LogP contribution in [0, 0.1) is 5.92 Å². The highest BCUT2D eigenvalue weighted by Crippen LogP contribution is 2.45. The first-order chi connectivity index (χ1) is 50.5. The van der Waals surface area contributed by atoms with Crippen LogP contribution in [-0.2, 0) is 65.4 Å². The fraction of sp³-hybridized carbons (Fsp3) is 0.953. The van der Waals surface area contributed by atoms with E-state index in [-0.39, 0.29) is 25.7 Å². The van der Waals surface area contributed by atoms with E-state index in [0.29, 0.717) is 25.7 Å². The molecule has 17 nitrogen and oxygen atoms in total. The predicted molar refractivity (Wildman–Crippen MR) is 428 cm³/mol. The van der Waals surface area contributed by atoms with Crippen molar-refractivity contribution in [2.45, 2.75) is 477 Å². The Morgan fingerprint density at radius 3 is 0.654 bits per heavy atom. The zero-order valence-electron chi connectivity index (χ0n) is 68.2. The van der Waals surface area contributed by atoms with Crippen LogP contribution in [0.15, 0.2) is 0 Å². The monoisotopic (exact) mass is 1520 g/mol. The number of ether oxygens (including phenoxy) is 4. The topological polar surface area (TPSA) is 237 Å². The zero-order chi connectivity index (χ0) is 76.2. The van der Waals surface area contributed by atoms with Crippen molar-refractivity contribution >= 4 is 39.5 Å². The molecule has 0 bridgehead atoms. The van der Waals surface area contributed by atoms with Gasteiger partial charge in [-0.15, -0.1) is 0 Å². The molecule has 0 saturated carbocycles. The molecular formula is C85H166O17P2. The number of phosphoric acid groups is 2. The van der Waals surface area contributed by atoms with Crippen molar-refractivity contribution < 1.29 is 80.2 Å². The second kappa shape index (κ2) is 77.8. The fourth-order valence-corrected chi connectivity index (χ4v) is 14.9. The Balaban J connectivity index is 5.16. The number of esters is 4. The SMILES string of the molecule is CCCCCCCCCCCCCCCCCCCCCCCCC(=O)O[C@H](COC(=O)CCCCCCCCCCCCCCCCCCCCCCC)COP(=O)(O)OC[C@@H](O)COP(=O)(O)OC[C@@H](COC(=O)CCCCCCCCCC)OC(=O)CCCCCCCCCCCCC(C)C. The van der Waals surface area contributed by atoms with Crippen molar-refractivity contribution in [3.05, 3.63) is 0 Å². The molecule has 19 heteroatoms. The minimum Gasteiger partial charge on any atom is -0.462 e. The van der Waals surface area contributed by atoms with Gasteiger partial charge in [0.2, 0.25) is 0 Å². The van der Waals surface area contributed by atoms with E-state index in [0.717, 1.165) is 102 Å². The Morgan fingerprint density at radius 2 is 0.442 bits per heavy atom. The van der Waals surface area contributed by atoms with Crippen LogP contribution in [0.25, 0.3) is 0 Å². The lowest BCUT2D eigenvalue weighted by Gasteiger charge is -2.21. The first kappa shape index (κ1) is 102. The summed E-state index contributed by atoms with van der Waals surface area (Å²) in [5, 5.41) is 10.6. The van der Waals surface area contributed by atoms with Crippen LogP contribution in [0.1, 0.15) is 458 Å². The molecule has 0 radical (unpaired) electrons.